The Morgan fingerprint density at radius 2 is 1.95 bits per heavy atom. The molecular formula is C17H25N3OS. The van der Waals surface area contributed by atoms with Gasteiger partial charge in [0.2, 0.25) is 6.41 Å². The molecule has 0 unspecified atom stereocenters. The Labute approximate surface area is 137 Å². The van der Waals surface area contributed by atoms with Crippen molar-refractivity contribution >= 4 is 35.2 Å². The lowest BCUT2D eigenvalue weighted by Gasteiger charge is -2.15. The van der Waals surface area contributed by atoms with Crippen molar-refractivity contribution in [2.45, 2.75) is 40.5 Å². The van der Waals surface area contributed by atoms with E-state index in [9.17, 15) is 4.79 Å². The van der Waals surface area contributed by atoms with E-state index in [0.717, 1.165) is 17.0 Å². The summed E-state index contributed by atoms with van der Waals surface area (Å²) in [5.74, 6) is 1.47. The predicted molar refractivity (Wildman–Crippen MR) is 97.0 cm³/mol. The maximum Gasteiger partial charge on any atom is 0.236 e. The predicted octanol–water partition coefficient (Wildman–Crippen LogP) is 4.65. The van der Waals surface area contributed by atoms with Gasteiger partial charge in [0.15, 0.2) is 5.17 Å². The number of amides is 1. The van der Waals surface area contributed by atoms with E-state index in [0.29, 0.717) is 17.5 Å². The first-order valence-electron chi connectivity index (χ1n) is 7.58. The Kier molecular flexibility index (Phi) is 7.88. The van der Waals surface area contributed by atoms with Crippen LogP contribution in [0, 0.1) is 5.92 Å². The SMILES string of the molecule is CCSC(=Nc1ccccc1C(C)C)N(C=O)/N=C/C(C)C. The molecule has 120 valence electrons. The van der Waals surface area contributed by atoms with E-state index in [4.69, 9.17) is 0 Å². The normalized spacial score (nSPS) is 12.4. The number of carbonyl (C=O) groups is 1. The van der Waals surface area contributed by atoms with Crippen molar-refractivity contribution in [2.24, 2.45) is 16.0 Å². The van der Waals surface area contributed by atoms with Gasteiger partial charge in [-0.2, -0.15) is 10.1 Å². The number of hydrogen-bond donors (Lipinski definition) is 0. The van der Waals surface area contributed by atoms with E-state index < -0.39 is 0 Å². The number of thioether (sulfide) groups is 1. The van der Waals surface area contributed by atoms with Crippen LogP contribution >= 0.6 is 11.8 Å². The van der Waals surface area contributed by atoms with Gasteiger partial charge in [-0.3, -0.25) is 4.79 Å². The van der Waals surface area contributed by atoms with Crippen LogP contribution in [0.1, 0.15) is 46.1 Å². The zero-order valence-corrected chi connectivity index (χ0v) is 14.8. The maximum absolute atomic E-state index is 11.4. The number of nitrogens with zero attached hydrogens (tertiary/aromatic N) is 3. The molecule has 0 spiro atoms. The minimum atomic E-state index is 0.276. The fourth-order valence-electron chi connectivity index (χ4n) is 1.79. The van der Waals surface area contributed by atoms with E-state index >= 15 is 0 Å². The summed E-state index contributed by atoms with van der Waals surface area (Å²) in [5, 5.41) is 6.13. The van der Waals surface area contributed by atoms with Crippen LogP contribution in [-0.2, 0) is 4.79 Å². The molecule has 5 heteroatoms. The van der Waals surface area contributed by atoms with Crippen LogP contribution in [0.3, 0.4) is 0 Å². The largest absolute Gasteiger partial charge is 0.276 e. The van der Waals surface area contributed by atoms with E-state index in [-0.39, 0.29) is 5.92 Å². The molecule has 0 N–H and O–H groups in total. The average Bonchev–Trinajstić information content (AvgIpc) is 2.48. The molecular weight excluding hydrogens is 294 g/mol. The number of rotatable bonds is 6. The number of hydrazone groups is 1. The molecule has 1 aromatic rings. The summed E-state index contributed by atoms with van der Waals surface area (Å²) in [6.07, 6.45) is 2.45. The zero-order valence-electron chi connectivity index (χ0n) is 14.0. The highest BCUT2D eigenvalue weighted by Crippen LogP contribution is 2.28. The lowest BCUT2D eigenvalue weighted by Crippen LogP contribution is -2.22. The van der Waals surface area contributed by atoms with Gasteiger partial charge in [0.25, 0.3) is 0 Å². The number of benzene rings is 1. The molecule has 4 nitrogen and oxygen atoms in total. The van der Waals surface area contributed by atoms with Crippen LogP contribution in [0.2, 0.25) is 0 Å². The van der Waals surface area contributed by atoms with Crippen LogP contribution < -0.4 is 0 Å². The molecule has 0 saturated carbocycles. The molecule has 0 atom stereocenters. The zero-order chi connectivity index (χ0) is 16.5. The molecule has 0 heterocycles. The van der Waals surface area contributed by atoms with Gasteiger partial charge < -0.3 is 0 Å². The third-order valence-electron chi connectivity index (χ3n) is 2.83. The number of hydrogen-bond acceptors (Lipinski definition) is 4. The molecule has 0 aliphatic heterocycles. The average molecular weight is 319 g/mol. The monoisotopic (exact) mass is 319 g/mol. The smallest absolute Gasteiger partial charge is 0.236 e. The highest BCUT2D eigenvalue weighted by atomic mass is 32.2. The second kappa shape index (κ2) is 9.41. The van der Waals surface area contributed by atoms with Crippen molar-refractivity contribution < 1.29 is 4.79 Å². The Morgan fingerprint density at radius 3 is 2.50 bits per heavy atom. The van der Waals surface area contributed by atoms with E-state index in [1.165, 1.54) is 16.8 Å². The number of para-hydroxylation sites is 1. The van der Waals surface area contributed by atoms with Crippen LogP contribution in [0.5, 0.6) is 0 Å². The highest BCUT2D eigenvalue weighted by molar-refractivity contribution is 8.13. The summed E-state index contributed by atoms with van der Waals surface area (Å²) in [4.78, 5) is 16.0. The second-order valence-corrected chi connectivity index (χ2v) is 6.73. The van der Waals surface area contributed by atoms with Gasteiger partial charge in [0, 0.05) is 6.21 Å². The number of amidine groups is 1. The summed E-state index contributed by atoms with van der Waals surface area (Å²) in [6, 6.07) is 8.01. The van der Waals surface area contributed by atoms with Crippen LogP contribution in [0.4, 0.5) is 5.69 Å². The fourth-order valence-corrected chi connectivity index (χ4v) is 2.43. The summed E-state index contributed by atoms with van der Waals surface area (Å²) in [5.41, 5.74) is 2.05. The second-order valence-electron chi connectivity index (χ2n) is 5.50. The third kappa shape index (κ3) is 5.64. The van der Waals surface area contributed by atoms with Gasteiger partial charge in [-0.15, -0.1) is 0 Å². The quantitative estimate of drug-likeness (QED) is 0.331. The van der Waals surface area contributed by atoms with Gasteiger partial charge in [-0.1, -0.05) is 64.6 Å². The fraction of sp³-hybridized carbons (Fsp3) is 0.471. The molecule has 22 heavy (non-hydrogen) atoms. The Hall–Kier alpha value is -1.62. The van der Waals surface area contributed by atoms with Gasteiger partial charge >= 0.3 is 0 Å². The standard InChI is InChI=1S/C17H25N3OS/c1-6-22-17(20(12-21)18-11-13(2)3)19-16-10-8-7-9-15(16)14(4)5/h7-14H,6H2,1-5H3/b18-11+,19-17?. The number of aliphatic imine (C=N–C) groups is 1. The van der Waals surface area contributed by atoms with Crippen molar-refractivity contribution in [2.75, 3.05) is 5.75 Å². The topological polar surface area (TPSA) is 45.0 Å². The van der Waals surface area contributed by atoms with Crippen LogP contribution in [0.15, 0.2) is 34.4 Å². The van der Waals surface area contributed by atoms with Gasteiger partial charge in [0.05, 0.1) is 5.69 Å². The maximum atomic E-state index is 11.4. The van der Waals surface area contributed by atoms with Crippen molar-refractivity contribution in [3.8, 4) is 0 Å². The lowest BCUT2D eigenvalue weighted by molar-refractivity contribution is -0.114. The Balaban J connectivity index is 3.21. The number of carbonyl (C=O) groups excluding carboxylic acids is 1. The van der Waals surface area contributed by atoms with Crippen LogP contribution in [0.25, 0.3) is 0 Å². The molecule has 0 aliphatic rings. The van der Waals surface area contributed by atoms with Crippen molar-refractivity contribution in [1.29, 1.82) is 0 Å². The Bertz CT molecular complexity index is 538. The summed E-state index contributed by atoms with van der Waals surface area (Å²) < 4.78 is 0. The van der Waals surface area contributed by atoms with Crippen molar-refractivity contribution in [3.05, 3.63) is 29.8 Å². The van der Waals surface area contributed by atoms with E-state index in [2.05, 4.69) is 30.0 Å². The molecule has 0 bridgehead atoms. The lowest BCUT2D eigenvalue weighted by atomic mass is 10.0. The molecule has 1 aromatic carbocycles. The van der Waals surface area contributed by atoms with Crippen molar-refractivity contribution in [3.63, 3.8) is 0 Å². The molecule has 0 radical (unpaired) electrons. The minimum absolute atomic E-state index is 0.276. The van der Waals surface area contributed by atoms with Crippen LogP contribution in [-0.4, -0.2) is 28.6 Å². The van der Waals surface area contributed by atoms with Gasteiger partial charge in [-0.05, 0) is 29.2 Å². The summed E-state index contributed by atoms with van der Waals surface area (Å²) in [7, 11) is 0. The molecule has 1 rings (SSSR count). The molecule has 0 fully saturated rings. The molecule has 0 aromatic heterocycles. The van der Waals surface area contributed by atoms with Gasteiger partial charge in [0.1, 0.15) is 0 Å². The van der Waals surface area contributed by atoms with Gasteiger partial charge in [-0.25, -0.2) is 4.99 Å². The Morgan fingerprint density at radius 1 is 1.27 bits per heavy atom. The van der Waals surface area contributed by atoms with E-state index in [1.807, 2.05) is 39.0 Å². The first kappa shape index (κ1) is 18.4. The minimum Gasteiger partial charge on any atom is -0.276 e. The molecule has 0 saturated heterocycles. The first-order valence-corrected chi connectivity index (χ1v) is 8.57. The highest BCUT2D eigenvalue weighted by Gasteiger charge is 2.12. The van der Waals surface area contributed by atoms with Crippen molar-refractivity contribution in [1.82, 2.24) is 5.01 Å². The molecule has 1 amide bonds. The third-order valence-corrected chi connectivity index (χ3v) is 3.66. The summed E-state index contributed by atoms with van der Waals surface area (Å²) in [6.45, 7) is 10.3. The van der Waals surface area contributed by atoms with E-state index in [1.54, 1.807) is 6.21 Å². The first-order chi connectivity index (χ1) is 10.5. The molecule has 0 aliphatic carbocycles. The summed E-state index contributed by atoms with van der Waals surface area (Å²) >= 11 is 1.51.